The van der Waals surface area contributed by atoms with Gasteiger partial charge in [-0.25, -0.2) is 13.2 Å². The minimum Gasteiger partial charge on any atom is -0.475 e. The summed E-state index contributed by atoms with van der Waals surface area (Å²) in [6.45, 7) is 3.62. The van der Waals surface area contributed by atoms with Crippen LogP contribution in [0.1, 0.15) is 15.9 Å². The molecule has 0 unspecified atom stereocenters. The quantitative estimate of drug-likeness (QED) is 0.476. The van der Waals surface area contributed by atoms with Crippen molar-refractivity contribution in [3.05, 3.63) is 59.7 Å². The van der Waals surface area contributed by atoms with Gasteiger partial charge in [0.05, 0.1) is 17.6 Å². The molecule has 13 heteroatoms. The summed E-state index contributed by atoms with van der Waals surface area (Å²) in [7, 11) is -3.46. The van der Waals surface area contributed by atoms with Crippen LogP contribution in [0.25, 0.3) is 0 Å². The van der Waals surface area contributed by atoms with Crippen molar-refractivity contribution in [1.29, 1.82) is 0 Å². The second kappa shape index (κ2) is 11.7. The van der Waals surface area contributed by atoms with Crippen LogP contribution in [0.3, 0.4) is 0 Å². The van der Waals surface area contributed by atoms with E-state index in [1.165, 1.54) is 0 Å². The summed E-state index contributed by atoms with van der Waals surface area (Å²) >= 11 is 0. The standard InChI is InChI=1S/C19H24N4O3S.C2HF3O2/c1-27(25,26)22-17-13-16(7-8-18(17)23-11-9-20-10-12-23)19(24)21-14-15-5-3-2-4-6-15;3-2(4,5)1(6)7/h2-8,13,20,22H,9-12,14H2,1H3,(H,21,24);(H,6,7). The number of aliphatic carboxylic acids is 1. The molecule has 1 aliphatic heterocycles. The van der Waals surface area contributed by atoms with Gasteiger partial charge < -0.3 is 20.6 Å². The van der Waals surface area contributed by atoms with Gasteiger partial charge >= 0.3 is 12.1 Å². The Morgan fingerprint density at radius 2 is 1.68 bits per heavy atom. The molecule has 0 atom stereocenters. The number of rotatable bonds is 6. The molecule has 1 amide bonds. The van der Waals surface area contributed by atoms with Gasteiger partial charge in [-0.2, -0.15) is 13.2 Å². The fraction of sp³-hybridized carbons (Fsp3) is 0.333. The fourth-order valence-corrected chi connectivity index (χ4v) is 3.58. The number of carbonyl (C=O) groups excluding carboxylic acids is 1. The Morgan fingerprint density at radius 1 is 1.09 bits per heavy atom. The number of carbonyl (C=O) groups is 2. The van der Waals surface area contributed by atoms with Crippen LogP contribution in [0, 0.1) is 0 Å². The number of amides is 1. The first-order valence-corrected chi connectivity index (χ1v) is 12.0. The molecule has 1 fully saturated rings. The molecule has 1 aliphatic rings. The molecule has 1 heterocycles. The average Bonchev–Trinajstić information content (AvgIpc) is 2.77. The van der Waals surface area contributed by atoms with Crippen LogP contribution < -0.4 is 20.3 Å². The molecule has 0 aromatic heterocycles. The van der Waals surface area contributed by atoms with Crippen LogP contribution >= 0.6 is 0 Å². The van der Waals surface area contributed by atoms with E-state index in [4.69, 9.17) is 9.90 Å². The van der Waals surface area contributed by atoms with E-state index in [2.05, 4.69) is 20.3 Å². The summed E-state index contributed by atoms with van der Waals surface area (Å²) in [5.41, 5.74) is 2.61. The summed E-state index contributed by atoms with van der Waals surface area (Å²) in [6.07, 6.45) is -3.98. The van der Waals surface area contributed by atoms with Gasteiger partial charge in [-0.3, -0.25) is 9.52 Å². The number of hydrogen-bond donors (Lipinski definition) is 4. The number of halogens is 3. The van der Waals surface area contributed by atoms with Gasteiger partial charge in [0.15, 0.2) is 0 Å². The topological polar surface area (TPSA) is 128 Å². The molecule has 0 saturated carbocycles. The Kier molecular flexibility index (Phi) is 9.27. The zero-order chi connectivity index (χ0) is 25.4. The van der Waals surface area contributed by atoms with E-state index in [0.717, 1.165) is 43.7 Å². The van der Waals surface area contributed by atoms with Gasteiger partial charge in [-0.05, 0) is 23.8 Å². The number of benzene rings is 2. The van der Waals surface area contributed by atoms with Crippen molar-refractivity contribution in [1.82, 2.24) is 10.6 Å². The highest BCUT2D eigenvalue weighted by atomic mass is 32.2. The normalized spacial score (nSPS) is 13.9. The Balaban J connectivity index is 0.000000509. The van der Waals surface area contributed by atoms with Crippen LogP contribution in [0.4, 0.5) is 24.5 Å². The lowest BCUT2D eigenvalue weighted by Gasteiger charge is -2.31. The largest absolute Gasteiger partial charge is 0.490 e. The molecule has 9 nitrogen and oxygen atoms in total. The zero-order valence-corrected chi connectivity index (χ0v) is 19.0. The summed E-state index contributed by atoms with van der Waals surface area (Å²) in [5.74, 6) is -3.00. The van der Waals surface area contributed by atoms with Gasteiger partial charge in [0.1, 0.15) is 0 Å². The minimum absolute atomic E-state index is 0.248. The van der Waals surface area contributed by atoms with Gasteiger partial charge in [-0.1, -0.05) is 30.3 Å². The molecule has 2 aromatic rings. The molecule has 3 rings (SSSR count). The number of carboxylic acids is 1. The lowest BCUT2D eigenvalue weighted by Crippen LogP contribution is -2.43. The van der Waals surface area contributed by atoms with Gasteiger partial charge in [0.25, 0.3) is 5.91 Å². The van der Waals surface area contributed by atoms with E-state index < -0.39 is 22.2 Å². The molecule has 2 aromatic carbocycles. The second-order valence-electron chi connectivity index (χ2n) is 7.31. The third kappa shape index (κ3) is 8.90. The van der Waals surface area contributed by atoms with Gasteiger partial charge in [0.2, 0.25) is 10.0 Å². The third-order valence-electron chi connectivity index (χ3n) is 4.55. The Labute approximate surface area is 195 Å². The van der Waals surface area contributed by atoms with Crippen LogP contribution in [-0.2, 0) is 21.4 Å². The van der Waals surface area contributed by atoms with Crippen molar-refractivity contribution in [3.8, 4) is 0 Å². The number of anilines is 2. The lowest BCUT2D eigenvalue weighted by molar-refractivity contribution is -0.192. The van der Waals surface area contributed by atoms with E-state index in [-0.39, 0.29) is 5.91 Å². The monoisotopic (exact) mass is 502 g/mol. The smallest absolute Gasteiger partial charge is 0.475 e. The summed E-state index contributed by atoms with van der Waals surface area (Å²) in [6, 6.07) is 14.7. The Bertz CT molecular complexity index is 1090. The van der Waals surface area contributed by atoms with E-state index in [9.17, 15) is 26.4 Å². The number of hydrogen-bond acceptors (Lipinski definition) is 6. The first kappa shape index (κ1) is 26.9. The van der Waals surface area contributed by atoms with Crippen molar-refractivity contribution in [2.75, 3.05) is 42.1 Å². The number of alkyl halides is 3. The highest BCUT2D eigenvalue weighted by Crippen LogP contribution is 2.28. The number of carboxylic acid groups (broad SMARTS) is 1. The van der Waals surface area contributed by atoms with E-state index in [1.54, 1.807) is 18.2 Å². The molecular weight excluding hydrogens is 477 g/mol. The van der Waals surface area contributed by atoms with Crippen LogP contribution in [0.2, 0.25) is 0 Å². The number of piperazine rings is 1. The van der Waals surface area contributed by atoms with Gasteiger partial charge in [-0.15, -0.1) is 0 Å². The van der Waals surface area contributed by atoms with Crippen molar-refractivity contribution in [3.63, 3.8) is 0 Å². The SMILES string of the molecule is CS(=O)(=O)Nc1cc(C(=O)NCc2ccccc2)ccc1N1CCNCC1.O=C(O)C(F)(F)F. The minimum atomic E-state index is -5.08. The highest BCUT2D eigenvalue weighted by Gasteiger charge is 2.38. The average molecular weight is 503 g/mol. The number of sulfonamides is 1. The molecule has 1 saturated heterocycles. The first-order valence-electron chi connectivity index (χ1n) is 10.1. The number of nitrogens with zero attached hydrogens (tertiary/aromatic N) is 1. The van der Waals surface area contributed by atoms with Crippen LogP contribution in [-0.4, -0.2) is 64.0 Å². The first-order chi connectivity index (χ1) is 15.9. The number of nitrogens with one attached hydrogen (secondary N) is 3. The van der Waals surface area contributed by atoms with Crippen molar-refractivity contribution in [2.24, 2.45) is 0 Å². The maximum atomic E-state index is 12.5. The summed E-state index contributed by atoms with van der Waals surface area (Å²) in [4.78, 5) is 23.5. The molecule has 0 spiro atoms. The molecule has 186 valence electrons. The Hall–Kier alpha value is -3.32. The maximum absolute atomic E-state index is 12.5. The predicted molar refractivity (Wildman–Crippen MR) is 121 cm³/mol. The molecular formula is C21H25F3N4O5S. The van der Waals surface area contributed by atoms with Crippen molar-refractivity contribution in [2.45, 2.75) is 12.7 Å². The van der Waals surface area contributed by atoms with Crippen LogP contribution in [0.15, 0.2) is 48.5 Å². The molecule has 4 N–H and O–H groups in total. The highest BCUT2D eigenvalue weighted by molar-refractivity contribution is 7.92. The molecule has 0 radical (unpaired) electrons. The lowest BCUT2D eigenvalue weighted by atomic mass is 10.1. The maximum Gasteiger partial charge on any atom is 0.490 e. The molecule has 0 aliphatic carbocycles. The zero-order valence-electron chi connectivity index (χ0n) is 18.2. The predicted octanol–water partition coefficient (Wildman–Crippen LogP) is 2.03. The van der Waals surface area contributed by atoms with E-state index in [0.29, 0.717) is 17.8 Å². The fourth-order valence-electron chi connectivity index (χ4n) is 3.02. The van der Waals surface area contributed by atoms with Gasteiger partial charge in [0, 0.05) is 38.3 Å². The summed E-state index contributed by atoms with van der Waals surface area (Å²) < 4.78 is 57.9. The molecule has 34 heavy (non-hydrogen) atoms. The third-order valence-corrected chi connectivity index (χ3v) is 5.14. The second-order valence-corrected chi connectivity index (χ2v) is 9.06. The van der Waals surface area contributed by atoms with E-state index in [1.807, 2.05) is 30.3 Å². The van der Waals surface area contributed by atoms with Crippen molar-refractivity contribution >= 4 is 33.3 Å². The summed E-state index contributed by atoms with van der Waals surface area (Å²) in [5, 5.41) is 13.3. The molecule has 0 bridgehead atoms. The van der Waals surface area contributed by atoms with Crippen molar-refractivity contribution < 1.29 is 36.3 Å². The van der Waals surface area contributed by atoms with Crippen LogP contribution in [0.5, 0.6) is 0 Å². The Morgan fingerprint density at radius 3 is 2.21 bits per heavy atom. The van der Waals surface area contributed by atoms with E-state index >= 15 is 0 Å².